The summed E-state index contributed by atoms with van der Waals surface area (Å²) in [4.78, 5) is 16.3. The van der Waals surface area contributed by atoms with Crippen molar-refractivity contribution in [3.8, 4) is 0 Å². The fraction of sp³-hybridized carbons (Fsp3) is 0.400. The third-order valence-electron chi connectivity index (χ3n) is 2.11. The monoisotopic (exact) mass is 226 g/mol. The number of hydrogen-bond acceptors (Lipinski definition) is 5. The minimum Gasteiger partial charge on any atom is -0.478 e. The highest BCUT2D eigenvalue weighted by Gasteiger charge is 2.15. The predicted octanol–water partition coefficient (Wildman–Crippen LogP) is -0.429. The van der Waals surface area contributed by atoms with Crippen LogP contribution in [0.2, 0.25) is 0 Å². The molecule has 0 saturated heterocycles. The van der Waals surface area contributed by atoms with E-state index in [2.05, 4.69) is 4.98 Å². The highest BCUT2D eigenvalue weighted by atomic mass is 16.4. The number of aliphatic hydroxyl groups excluding tert-OH is 2. The molecule has 6 heteroatoms. The standard InChI is InChI=1S/C10H14N2O4/c13-5-3-12(4-6-14)9-1-2-11-7-8(9)10(15)16/h1-2,7,13-14H,3-6H2,(H,15,16). The van der Waals surface area contributed by atoms with Crippen LogP contribution in [0.25, 0.3) is 0 Å². The SMILES string of the molecule is O=C(O)c1cnccc1N(CCO)CCO. The number of carboxylic acid groups (broad SMARTS) is 1. The van der Waals surface area contributed by atoms with Gasteiger partial charge >= 0.3 is 5.97 Å². The van der Waals surface area contributed by atoms with E-state index in [9.17, 15) is 4.79 Å². The van der Waals surface area contributed by atoms with Crippen LogP contribution in [0.5, 0.6) is 0 Å². The zero-order valence-electron chi connectivity index (χ0n) is 8.70. The van der Waals surface area contributed by atoms with E-state index in [-0.39, 0.29) is 31.9 Å². The lowest BCUT2D eigenvalue weighted by atomic mass is 10.2. The van der Waals surface area contributed by atoms with Crippen LogP contribution in [0.3, 0.4) is 0 Å². The Morgan fingerprint density at radius 2 is 1.94 bits per heavy atom. The van der Waals surface area contributed by atoms with Crippen molar-refractivity contribution in [1.29, 1.82) is 0 Å². The van der Waals surface area contributed by atoms with Crippen molar-refractivity contribution in [3.05, 3.63) is 24.0 Å². The number of aromatic nitrogens is 1. The maximum absolute atomic E-state index is 10.9. The second-order valence-corrected chi connectivity index (χ2v) is 3.13. The summed E-state index contributed by atoms with van der Waals surface area (Å²) < 4.78 is 0. The molecule has 0 aliphatic carbocycles. The second-order valence-electron chi connectivity index (χ2n) is 3.13. The summed E-state index contributed by atoms with van der Waals surface area (Å²) in [5.41, 5.74) is 0.509. The quantitative estimate of drug-likeness (QED) is 0.609. The Morgan fingerprint density at radius 1 is 1.31 bits per heavy atom. The summed E-state index contributed by atoms with van der Waals surface area (Å²) in [5, 5.41) is 26.7. The molecule has 1 heterocycles. The molecule has 0 amide bonds. The fourth-order valence-electron chi connectivity index (χ4n) is 1.42. The second kappa shape index (κ2) is 6.04. The van der Waals surface area contributed by atoms with Crippen LogP contribution in [0.4, 0.5) is 5.69 Å². The van der Waals surface area contributed by atoms with Crippen molar-refractivity contribution < 1.29 is 20.1 Å². The lowest BCUT2D eigenvalue weighted by Gasteiger charge is -2.24. The summed E-state index contributed by atoms with van der Waals surface area (Å²) in [6, 6.07) is 1.55. The lowest BCUT2D eigenvalue weighted by Crippen LogP contribution is -2.31. The smallest absolute Gasteiger partial charge is 0.339 e. The van der Waals surface area contributed by atoms with Crippen LogP contribution in [0.15, 0.2) is 18.5 Å². The van der Waals surface area contributed by atoms with E-state index < -0.39 is 5.97 Å². The van der Waals surface area contributed by atoms with Crippen LogP contribution in [-0.2, 0) is 0 Å². The van der Waals surface area contributed by atoms with E-state index in [0.29, 0.717) is 5.69 Å². The molecular weight excluding hydrogens is 212 g/mol. The highest BCUT2D eigenvalue weighted by Crippen LogP contribution is 2.18. The normalized spacial score (nSPS) is 10.1. The summed E-state index contributed by atoms with van der Waals surface area (Å²) in [5.74, 6) is -1.08. The average Bonchev–Trinajstić information content (AvgIpc) is 2.29. The Balaban J connectivity index is 3.02. The summed E-state index contributed by atoms with van der Waals surface area (Å²) in [6.45, 7) is 0.318. The Morgan fingerprint density at radius 3 is 2.44 bits per heavy atom. The predicted molar refractivity (Wildman–Crippen MR) is 57.6 cm³/mol. The minimum atomic E-state index is -1.08. The average molecular weight is 226 g/mol. The Bertz CT molecular complexity index is 350. The number of nitrogens with zero attached hydrogens (tertiary/aromatic N) is 2. The summed E-state index contributed by atoms with van der Waals surface area (Å²) in [6.07, 6.45) is 2.73. The summed E-state index contributed by atoms with van der Waals surface area (Å²) >= 11 is 0. The van der Waals surface area contributed by atoms with Gasteiger partial charge in [-0.2, -0.15) is 0 Å². The molecule has 1 aromatic rings. The number of pyridine rings is 1. The molecule has 0 bridgehead atoms. The molecule has 0 atom stereocenters. The van der Waals surface area contributed by atoms with E-state index in [4.69, 9.17) is 15.3 Å². The van der Waals surface area contributed by atoms with Gasteiger partial charge in [-0.05, 0) is 6.07 Å². The molecule has 3 N–H and O–H groups in total. The van der Waals surface area contributed by atoms with Gasteiger partial charge in [-0.3, -0.25) is 4.98 Å². The van der Waals surface area contributed by atoms with Crippen LogP contribution >= 0.6 is 0 Å². The first-order chi connectivity index (χ1) is 7.70. The first kappa shape index (κ1) is 12.4. The van der Waals surface area contributed by atoms with Crippen molar-refractivity contribution in [1.82, 2.24) is 4.98 Å². The topological polar surface area (TPSA) is 93.9 Å². The van der Waals surface area contributed by atoms with Gasteiger partial charge in [-0.25, -0.2) is 4.79 Å². The van der Waals surface area contributed by atoms with Gasteiger partial charge in [0.15, 0.2) is 0 Å². The third kappa shape index (κ3) is 2.91. The van der Waals surface area contributed by atoms with Gasteiger partial charge in [-0.1, -0.05) is 0 Å². The van der Waals surface area contributed by atoms with Gasteiger partial charge in [0.2, 0.25) is 0 Å². The fourth-order valence-corrected chi connectivity index (χ4v) is 1.42. The first-order valence-electron chi connectivity index (χ1n) is 4.84. The number of anilines is 1. The van der Waals surface area contributed by atoms with Crippen LogP contribution in [0.1, 0.15) is 10.4 Å². The number of rotatable bonds is 6. The number of carboxylic acids is 1. The van der Waals surface area contributed by atoms with Crippen molar-refractivity contribution in [2.24, 2.45) is 0 Å². The van der Waals surface area contributed by atoms with E-state index in [0.717, 1.165) is 0 Å². The largest absolute Gasteiger partial charge is 0.478 e. The van der Waals surface area contributed by atoms with Gasteiger partial charge in [0.05, 0.1) is 18.9 Å². The van der Waals surface area contributed by atoms with Crippen molar-refractivity contribution >= 4 is 11.7 Å². The molecule has 0 saturated carbocycles. The molecule has 88 valence electrons. The van der Waals surface area contributed by atoms with Crippen molar-refractivity contribution in [3.63, 3.8) is 0 Å². The number of carbonyl (C=O) groups is 1. The van der Waals surface area contributed by atoms with E-state index in [1.165, 1.54) is 12.4 Å². The molecule has 6 nitrogen and oxygen atoms in total. The van der Waals surface area contributed by atoms with Gasteiger partial charge < -0.3 is 20.2 Å². The first-order valence-corrected chi connectivity index (χ1v) is 4.84. The lowest BCUT2D eigenvalue weighted by molar-refractivity contribution is 0.0697. The number of hydrogen-bond donors (Lipinski definition) is 3. The van der Waals surface area contributed by atoms with Gasteiger partial charge in [-0.15, -0.1) is 0 Å². The maximum Gasteiger partial charge on any atom is 0.339 e. The maximum atomic E-state index is 10.9. The molecule has 0 unspecified atom stereocenters. The molecule has 0 spiro atoms. The van der Waals surface area contributed by atoms with Crippen LogP contribution in [0, 0.1) is 0 Å². The Labute approximate surface area is 92.8 Å². The molecule has 0 aliphatic rings. The van der Waals surface area contributed by atoms with E-state index >= 15 is 0 Å². The van der Waals surface area contributed by atoms with E-state index in [1.54, 1.807) is 11.0 Å². The number of aromatic carboxylic acids is 1. The number of aliphatic hydroxyl groups is 2. The van der Waals surface area contributed by atoms with Crippen LogP contribution < -0.4 is 4.90 Å². The van der Waals surface area contributed by atoms with Gasteiger partial charge in [0.25, 0.3) is 0 Å². The zero-order valence-corrected chi connectivity index (χ0v) is 8.70. The third-order valence-corrected chi connectivity index (χ3v) is 2.11. The molecule has 0 fully saturated rings. The molecule has 16 heavy (non-hydrogen) atoms. The van der Waals surface area contributed by atoms with Gasteiger partial charge in [0, 0.05) is 25.5 Å². The van der Waals surface area contributed by atoms with Gasteiger partial charge in [0.1, 0.15) is 5.56 Å². The highest BCUT2D eigenvalue weighted by molar-refractivity contribution is 5.94. The molecule has 0 radical (unpaired) electrons. The molecule has 1 aromatic heterocycles. The van der Waals surface area contributed by atoms with Crippen molar-refractivity contribution in [2.75, 3.05) is 31.2 Å². The van der Waals surface area contributed by atoms with Crippen LogP contribution in [-0.4, -0.2) is 52.6 Å². The zero-order chi connectivity index (χ0) is 12.0. The minimum absolute atomic E-state index is 0.0596. The van der Waals surface area contributed by atoms with E-state index in [1.807, 2.05) is 0 Å². The molecule has 0 aromatic carbocycles. The molecule has 0 aliphatic heterocycles. The molecular formula is C10H14N2O4. The molecule has 1 rings (SSSR count). The Kier molecular flexibility index (Phi) is 4.68. The summed E-state index contributed by atoms with van der Waals surface area (Å²) in [7, 11) is 0. The Hall–Kier alpha value is -1.66. The van der Waals surface area contributed by atoms with Crippen molar-refractivity contribution in [2.45, 2.75) is 0 Å².